The Kier molecular flexibility index (Phi) is 5.89. The lowest BCUT2D eigenvalue weighted by Crippen LogP contribution is -2.22. The van der Waals surface area contributed by atoms with Crippen LogP contribution in [0.25, 0.3) is 16.5 Å². The molecular weight excluding hydrogens is 370 g/mol. The minimum atomic E-state index is 0.360. The molecule has 0 saturated heterocycles. The van der Waals surface area contributed by atoms with Gasteiger partial charge in [-0.25, -0.2) is 4.98 Å². The maximum Gasteiger partial charge on any atom is 0.0774 e. The van der Waals surface area contributed by atoms with Crippen LogP contribution in [0.5, 0.6) is 0 Å². The first-order valence-corrected chi connectivity index (χ1v) is 11.2. The Morgan fingerprint density at radius 2 is 1.80 bits per heavy atom. The number of rotatable bonds is 4. The van der Waals surface area contributed by atoms with Crippen molar-refractivity contribution in [3.63, 3.8) is 0 Å². The lowest BCUT2D eigenvalue weighted by atomic mass is 9.80. The molecule has 158 valence electrons. The molecule has 2 aliphatic carbocycles. The van der Waals surface area contributed by atoms with E-state index in [2.05, 4.69) is 13.8 Å². The first kappa shape index (κ1) is 20.6. The second-order valence-corrected chi connectivity index (χ2v) is 9.20. The molecule has 0 spiro atoms. The molecule has 5 heteroatoms. The Labute approximate surface area is 179 Å². The van der Waals surface area contributed by atoms with Crippen LogP contribution in [0.3, 0.4) is 0 Å². The Hall–Kier alpha value is -2.69. The zero-order chi connectivity index (χ0) is 21.3. The third-order valence-electron chi connectivity index (χ3n) is 6.72. The van der Waals surface area contributed by atoms with E-state index in [0.717, 1.165) is 78.1 Å². The molecule has 1 aromatic carbocycles. The van der Waals surface area contributed by atoms with Crippen LogP contribution in [0.2, 0.25) is 0 Å². The molecule has 0 aliphatic heterocycles. The van der Waals surface area contributed by atoms with Crippen LogP contribution in [0.15, 0.2) is 23.3 Å². The zero-order valence-corrected chi connectivity index (χ0v) is 18.1. The van der Waals surface area contributed by atoms with Gasteiger partial charge in [0, 0.05) is 40.8 Å². The second kappa shape index (κ2) is 8.58. The molecule has 1 aromatic heterocycles. The predicted octanol–water partition coefficient (Wildman–Crippen LogP) is 4.89. The standard InChI is InChI=1S/C25H33N5/c1-15-9-16(2)11-18(10-15)29-14-17(12-26)25-20-6-4-3-5-19(20)24-21(13-27)22(28)7-8-23(24)30-25/h7-8,12-16,18,27H,3-6,9-11,26,28H2,1-2H3/b17-12+,27-13?,29-14?/t15-,16+,18?. The summed E-state index contributed by atoms with van der Waals surface area (Å²) < 4.78 is 0. The molecule has 0 amide bonds. The first-order chi connectivity index (χ1) is 14.5. The lowest BCUT2D eigenvalue weighted by Gasteiger charge is -2.29. The number of benzene rings is 1. The summed E-state index contributed by atoms with van der Waals surface area (Å²) in [5.74, 6) is 1.44. The van der Waals surface area contributed by atoms with E-state index in [1.54, 1.807) is 6.20 Å². The average Bonchev–Trinajstić information content (AvgIpc) is 2.73. The Morgan fingerprint density at radius 1 is 1.10 bits per heavy atom. The minimum absolute atomic E-state index is 0.360. The quantitative estimate of drug-likeness (QED) is 0.500. The first-order valence-electron chi connectivity index (χ1n) is 11.2. The number of hydrogen-bond donors (Lipinski definition) is 3. The van der Waals surface area contributed by atoms with Crippen molar-refractivity contribution in [1.29, 1.82) is 5.41 Å². The van der Waals surface area contributed by atoms with E-state index in [4.69, 9.17) is 26.9 Å². The Bertz CT molecular complexity index is 1010. The molecule has 4 rings (SSSR count). The smallest absolute Gasteiger partial charge is 0.0774 e. The highest BCUT2D eigenvalue weighted by Crippen LogP contribution is 2.36. The summed E-state index contributed by atoms with van der Waals surface area (Å²) >= 11 is 0. The van der Waals surface area contributed by atoms with E-state index >= 15 is 0 Å². The van der Waals surface area contributed by atoms with Gasteiger partial charge in [0.25, 0.3) is 0 Å². The molecule has 0 bridgehead atoms. The highest BCUT2D eigenvalue weighted by atomic mass is 14.8. The third kappa shape index (κ3) is 3.85. The number of anilines is 1. The van der Waals surface area contributed by atoms with Crippen LogP contribution in [0.4, 0.5) is 5.69 Å². The summed E-state index contributed by atoms with van der Waals surface area (Å²) in [7, 11) is 0. The topological polar surface area (TPSA) is 101 Å². The van der Waals surface area contributed by atoms with Crippen LogP contribution < -0.4 is 11.5 Å². The van der Waals surface area contributed by atoms with Crippen molar-refractivity contribution in [3.05, 3.63) is 40.7 Å². The summed E-state index contributed by atoms with van der Waals surface area (Å²) in [6.07, 6.45) is 12.8. The molecule has 5 nitrogen and oxygen atoms in total. The summed E-state index contributed by atoms with van der Waals surface area (Å²) in [6.45, 7) is 4.65. The summed E-state index contributed by atoms with van der Waals surface area (Å²) in [5, 5.41) is 8.92. The summed E-state index contributed by atoms with van der Waals surface area (Å²) in [5.41, 5.74) is 18.9. The van der Waals surface area contributed by atoms with Gasteiger partial charge in [0.2, 0.25) is 0 Å². The Balaban J connectivity index is 1.79. The molecule has 1 fully saturated rings. The van der Waals surface area contributed by atoms with Gasteiger partial charge >= 0.3 is 0 Å². The number of nitrogens with two attached hydrogens (primary N) is 2. The van der Waals surface area contributed by atoms with Crippen LogP contribution in [0.1, 0.15) is 68.3 Å². The van der Waals surface area contributed by atoms with Crippen LogP contribution in [0, 0.1) is 17.2 Å². The summed E-state index contributed by atoms with van der Waals surface area (Å²) in [4.78, 5) is 9.94. The van der Waals surface area contributed by atoms with Crippen molar-refractivity contribution >= 4 is 34.6 Å². The molecule has 5 N–H and O–H groups in total. The van der Waals surface area contributed by atoms with Crippen LogP contribution in [-0.4, -0.2) is 23.5 Å². The summed E-state index contributed by atoms with van der Waals surface area (Å²) in [6, 6.07) is 4.17. The molecule has 30 heavy (non-hydrogen) atoms. The number of aliphatic imine (C=N–C) groups is 1. The average molecular weight is 404 g/mol. The zero-order valence-electron chi connectivity index (χ0n) is 18.1. The van der Waals surface area contributed by atoms with Gasteiger partial charge < -0.3 is 16.9 Å². The number of allylic oxidation sites excluding steroid dienone is 1. The van der Waals surface area contributed by atoms with Crippen LogP contribution in [-0.2, 0) is 12.8 Å². The fraction of sp³-hybridized carbons (Fsp3) is 0.480. The minimum Gasteiger partial charge on any atom is -0.404 e. The normalized spacial score (nSPS) is 24.9. The third-order valence-corrected chi connectivity index (χ3v) is 6.72. The molecule has 1 saturated carbocycles. The van der Waals surface area contributed by atoms with Crippen molar-refractivity contribution in [3.8, 4) is 0 Å². The predicted molar refractivity (Wildman–Crippen MR) is 127 cm³/mol. The SMILES string of the molecule is C[C@@H]1CC(N=C/C(=C\N)c2nc3ccc(N)c(C=N)c3c3c2CCCC3)C[C@H](C)C1. The van der Waals surface area contributed by atoms with Gasteiger partial charge in [-0.15, -0.1) is 0 Å². The van der Waals surface area contributed by atoms with Gasteiger partial charge in [-0.05, 0) is 80.0 Å². The van der Waals surface area contributed by atoms with Gasteiger partial charge in [-0.1, -0.05) is 13.8 Å². The van der Waals surface area contributed by atoms with E-state index in [-0.39, 0.29) is 0 Å². The second-order valence-electron chi connectivity index (χ2n) is 9.20. The van der Waals surface area contributed by atoms with Gasteiger partial charge in [-0.3, -0.25) is 4.99 Å². The van der Waals surface area contributed by atoms with Crippen LogP contribution >= 0.6 is 0 Å². The lowest BCUT2D eigenvalue weighted by molar-refractivity contribution is 0.271. The van der Waals surface area contributed by atoms with E-state index in [1.807, 2.05) is 18.3 Å². The Morgan fingerprint density at radius 3 is 2.47 bits per heavy atom. The highest BCUT2D eigenvalue weighted by Gasteiger charge is 2.24. The number of fused-ring (bicyclic) bond motifs is 3. The molecule has 0 radical (unpaired) electrons. The number of pyridine rings is 1. The molecule has 2 aliphatic rings. The van der Waals surface area contributed by atoms with Crippen molar-refractivity contribution in [2.75, 3.05) is 5.73 Å². The van der Waals surface area contributed by atoms with E-state index < -0.39 is 0 Å². The van der Waals surface area contributed by atoms with Gasteiger partial charge in [0.15, 0.2) is 0 Å². The van der Waals surface area contributed by atoms with Gasteiger partial charge in [0.1, 0.15) is 0 Å². The number of nitrogens with zero attached hydrogens (tertiary/aromatic N) is 2. The van der Waals surface area contributed by atoms with E-state index in [9.17, 15) is 0 Å². The number of nitrogen functional groups attached to an aromatic ring is 1. The highest BCUT2D eigenvalue weighted by molar-refractivity contribution is 6.11. The molecule has 2 aromatic rings. The molecule has 1 heterocycles. The number of aryl methyl sites for hydroxylation is 1. The molecular formula is C25H33N5. The number of nitrogens with one attached hydrogen (secondary N) is 1. The van der Waals surface area contributed by atoms with Crippen molar-refractivity contribution in [2.24, 2.45) is 22.6 Å². The molecule has 3 atom stereocenters. The van der Waals surface area contributed by atoms with Crippen molar-refractivity contribution < 1.29 is 0 Å². The molecule has 1 unspecified atom stereocenters. The maximum absolute atomic E-state index is 7.88. The van der Waals surface area contributed by atoms with Crippen molar-refractivity contribution in [2.45, 2.75) is 64.8 Å². The van der Waals surface area contributed by atoms with E-state index in [1.165, 1.54) is 23.8 Å². The van der Waals surface area contributed by atoms with E-state index in [0.29, 0.717) is 11.7 Å². The number of aromatic nitrogens is 1. The van der Waals surface area contributed by atoms with Crippen molar-refractivity contribution in [1.82, 2.24) is 4.98 Å². The van der Waals surface area contributed by atoms with Gasteiger partial charge in [-0.2, -0.15) is 0 Å². The van der Waals surface area contributed by atoms with Gasteiger partial charge in [0.05, 0.1) is 17.3 Å². The largest absolute Gasteiger partial charge is 0.404 e. The number of hydrogen-bond acceptors (Lipinski definition) is 5. The maximum atomic E-state index is 7.88. The fourth-order valence-corrected chi connectivity index (χ4v) is 5.45. The fourth-order valence-electron chi connectivity index (χ4n) is 5.45. The monoisotopic (exact) mass is 403 g/mol.